The Bertz CT molecular complexity index is 779. The quantitative estimate of drug-likeness (QED) is 0.721. The van der Waals surface area contributed by atoms with Crippen LogP contribution in [0.4, 0.5) is 0 Å². The van der Waals surface area contributed by atoms with E-state index in [1.165, 1.54) is 0 Å². The number of phenolic OH excluding ortho intramolecular Hbond substituents is 1. The number of hydrogen-bond donors (Lipinski definition) is 1. The molecule has 0 aliphatic rings. The van der Waals surface area contributed by atoms with E-state index in [4.69, 9.17) is 0 Å². The molecular weight excluding hydrogens is 280 g/mol. The van der Waals surface area contributed by atoms with Crippen LogP contribution in [0, 0.1) is 0 Å². The first-order chi connectivity index (χ1) is 10.3. The molecule has 0 radical (unpaired) electrons. The van der Waals surface area contributed by atoms with Crippen LogP contribution < -0.4 is 0 Å². The number of hydrogen-bond acceptors (Lipinski definition) is 2. The maximum Gasteiger partial charge on any atom is 0.505 e. The number of rotatable bonds is 3. The second-order valence-electron chi connectivity index (χ2n) is 4.67. The molecule has 0 aliphatic carbocycles. The zero-order valence-electron chi connectivity index (χ0n) is 11.2. The van der Waals surface area contributed by atoms with Crippen molar-refractivity contribution in [2.75, 3.05) is 0 Å². The van der Waals surface area contributed by atoms with Gasteiger partial charge in [0.1, 0.15) is 5.75 Å². The van der Waals surface area contributed by atoms with Crippen LogP contribution >= 0.6 is 0 Å². The molecule has 0 aliphatic heterocycles. The minimum atomic E-state index is 0.242. The van der Waals surface area contributed by atoms with Crippen LogP contribution in [0.15, 0.2) is 77.7 Å². The highest BCUT2D eigenvalue weighted by atomic mass is 32.1. The zero-order chi connectivity index (χ0) is 14.7. The van der Waals surface area contributed by atoms with Crippen molar-refractivity contribution in [1.82, 2.24) is 0 Å². The van der Waals surface area contributed by atoms with Crippen molar-refractivity contribution in [2.24, 2.45) is 0 Å². The molecule has 102 valence electrons. The predicted molar refractivity (Wildman–Crippen MR) is 85.3 cm³/mol. The largest absolute Gasteiger partial charge is 0.508 e. The average Bonchev–Trinajstić information content (AvgIpc) is 2.55. The molecule has 0 spiro atoms. The van der Waals surface area contributed by atoms with Crippen LogP contribution in [0.25, 0.3) is 22.3 Å². The molecule has 3 heteroatoms. The van der Waals surface area contributed by atoms with Gasteiger partial charge >= 0.3 is 11.7 Å². The molecule has 0 saturated carbocycles. The van der Waals surface area contributed by atoms with Crippen molar-refractivity contribution in [3.05, 3.63) is 72.8 Å². The normalized spacial score (nSPS) is 10.3. The first-order valence-electron chi connectivity index (χ1n) is 6.57. The van der Waals surface area contributed by atoms with E-state index in [0.717, 1.165) is 22.3 Å². The van der Waals surface area contributed by atoms with Crippen molar-refractivity contribution in [2.45, 2.75) is 4.90 Å². The van der Waals surface area contributed by atoms with E-state index in [1.54, 1.807) is 12.1 Å². The lowest BCUT2D eigenvalue weighted by molar-refractivity contribution is 0.475. The number of phenols is 1. The smallest absolute Gasteiger partial charge is 0.505 e. The fourth-order valence-electron chi connectivity index (χ4n) is 2.37. The van der Waals surface area contributed by atoms with E-state index < -0.39 is 0 Å². The summed E-state index contributed by atoms with van der Waals surface area (Å²) in [4.78, 5) is 0.712. The third kappa shape index (κ3) is 2.69. The average molecular weight is 293 g/mol. The van der Waals surface area contributed by atoms with Gasteiger partial charge in [-0.3, -0.25) is 0 Å². The van der Waals surface area contributed by atoms with Crippen molar-refractivity contribution in [1.29, 1.82) is 0 Å². The van der Waals surface area contributed by atoms with E-state index in [-0.39, 0.29) is 5.75 Å². The molecular formula is C18H13O2S+. The van der Waals surface area contributed by atoms with E-state index >= 15 is 0 Å². The molecule has 0 heterocycles. The van der Waals surface area contributed by atoms with Crippen molar-refractivity contribution in [3.8, 4) is 28.0 Å². The third-order valence-corrected chi connectivity index (χ3v) is 3.91. The molecule has 3 aromatic rings. The Morgan fingerprint density at radius 1 is 0.667 bits per heavy atom. The number of aromatic hydroxyl groups is 1. The van der Waals surface area contributed by atoms with Gasteiger partial charge < -0.3 is 5.11 Å². The Labute approximate surface area is 127 Å². The first-order valence-corrected chi connectivity index (χ1v) is 7.31. The van der Waals surface area contributed by atoms with Crippen LogP contribution in [-0.2, 0) is 15.9 Å². The van der Waals surface area contributed by atoms with E-state index in [0.29, 0.717) is 16.6 Å². The van der Waals surface area contributed by atoms with Crippen LogP contribution in [0.1, 0.15) is 0 Å². The molecule has 0 unspecified atom stereocenters. The van der Waals surface area contributed by atoms with Gasteiger partial charge in [0.15, 0.2) is 0 Å². The molecule has 0 fully saturated rings. The Hall–Kier alpha value is -2.52. The second kappa shape index (κ2) is 5.85. The Morgan fingerprint density at radius 2 is 1.24 bits per heavy atom. The third-order valence-electron chi connectivity index (χ3n) is 3.37. The van der Waals surface area contributed by atoms with Crippen molar-refractivity contribution >= 4 is 11.7 Å². The fourth-order valence-corrected chi connectivity index (χ4v) is 2.77. The zero-order valence-corrected chi connectivity index (χ0v) is 12.0. The molecule has 0 atom stereocenters. The highest BCUT2D eigenvalue weighted by Crippen LogP contribution is 2.34. The van der Waals surface area contributed by atoms with Gasteiger partial charge in [-0.05, 0) is 34.9 Å². The molecule has 0 bridgehead atoms. The SMILES string of the molecule is O=[S+]c1ccccc1-c1ccccc1-c1ccc(O)cc1. The standard InChI is InChI=1S/C18H12O2S/c19-14-11-9-13(10-12-14)15-5-1-2-6-16(15)17-7-3-4-8-18(17)21-20/h1-12H/p+1. The van der Waals surface area contributed by atoms with Gasteiger partial charge in [0, 0.05) is 10.3 Å². The van der Waals surface area contributed by atoms with Crippen molar-refractivity contribution in [3.63, 3.8) is 0 Å². The lowest BCUT2D eigenvalue weighted by Gasteiger charge is -2.09. The molecule has 21 heavy (non-hydrogen) atoms. The van der Waals surface area contributed by atoms with Gasteiger partial charge in [-0.1, -0.05) is 48.5 Å². The maximum absolute atomic E-state index is 11.3. The highest BCUT2D eigenvalue weighted by molar-refractivity contribution is 7.65. The Kier molecular flexibility index (Phi) is 3.75. The summed E-state index contributed by atoms with van der Waals surface area (Å²) in [6, 6.07) is 22.6. The molecule has 3 aromatic carbocycles. The van der Waals surface area contributed by atoms with Gasteiger partial charge in [-0.25, -0.2) is 0 Å². The summed E-state index contributed by atoms with van der Waals surface area (Å²) in [5, 5.41) is 9.43. The highest BCUT2D eigenvalue weighted by Gasteiger charge is 2.17. The molecule has 1 N–H and O–H groups in total. The summed E-state index contributed by atoms with van der Waals surface area (Å²) in [5.41, 5.74) is 4.00. The second-order valence-corrected chi connectivity index (χ2v) is 5.28. The topological polar surface area (TPSA) is 37.3 Å². The van der Waals surface area contributed by atoms with Crippen LogP contribution in [0.3, 0.4) is 0 Å². The molecule has 0 aromatic heterocycles. The summed E-state index contributed by atoms with van der Waals surface area (Å²) in [6.07, 6.45) is 0. The molecule has 0 amide bonds. The molecule has 3 rings (SSSR count). The van der Waals surface area contributed by atoms with Crippen LogP contribution in [0.5, 0.6) is 5.75 Å². The number of benzene rings is 3. The molecule has 0 saturated heterocycles. The predicted octanol–water partition coefficient (Wildman–Crippen LogP) is 4.51. The van der Waals surface area contributed by atoms with Crippen molar-refractivity contribution < 1.29 is 9.32 Å². The van der Waals surface area contributed by atoms with Gasteiger partial charge in [0.25, 0.3) is 4.90 Å². The Balaban J connectivity index is 2.20. The van der Waals surface area contributed by atoms with E-state index in [1.807, 2.05) is 60.7 Å². The minimum absolute atomic E-state index is 0.242. The van der Waals surface area contributed by atoms with Gasteiger partial charge in [-0.2, -0.15) is 0 Å². The Morgan fingerprint density at radius 3 is 1.90 bits per heavy atom. The van der Waals surface area contributed by atoms with Gasteiger partial charge in [0.2, 0.25) is 0 Å². The van der Waals surface area contributed by atoms with Crippen LogP contribution in [0.2, 0.25) is 0 Å². The van der Waals surface area contributed by atoms with E-state index in [2.05, 4.69) is 0 Å². The van der Waals surface area contributed by atoms with Gasteiger partial charge in [0.05, 0.1) is 5.56 Å². The monoisotopic (exact) mass is 293 g/mol. The van der Waals surface area contributed by atoms with E-state index in [9.17, 15) is 9.32 Å². The fraction of sp³-hybridized carbons (Fsp3) is 0. The summed E-state index contributed by atoms with van der Waals surface area (Å²) in [5.74, 6) is 0.242. The lowest BCUT2D eigenvalue weighted by Crippen LogP contribution is -1.88. The lowest BCUT2D eigenvalue weighted by atomic mass is 9.94. The summed E-state index contributed by atoms with van der Waals surface area (Å²) < 4.78 is 11.3. The summed E-state index contributed by atoms with van der Waals surface area (Å²) in [7, 11) is 0. The first kappa shape index (κ1) is 13.5. The maximum atomic E-state index is 11.3. The van der Waals surface area contributed by atoms with Gasteiger partial charge in [-0.15, -0.1) is 0 Å². The minimum Gasteiger partial charge on any atom is -0.508 e. The molecule has 2 nitrogen and oxygen atoms in total. The van der Waals surface area contributed by atoms with Crippen LogP contribution in [-0.4, -0.2) is 5.11 Å². The summed E-state index contributed by atoms with van der Waals surface area (Å²) >= 11 is 0.507. The summed E-state index contributed by atoms with van der Waals surface area (Å²) in [6.45, 7) is 0.